The molecule has 0 unspecified atom stereocenters. The van der Waals surface area contributed by atoms with E-state index in [2.05, 4.69) is 13.3 Å². The van der Waals surface area contributed by atoms with Crippen LogP contribution in [0.25, 0.3) is 0 Å². The van der Waals surface area contributed by atoms with Crippen molar-refractivity contribution in [2.75, 3.05) is 0 Å². The van der Waals surface area contributed by atoms with Gasteiger partial charge in [0.05, 0.1) is 0 Å². The fourth-order valence-electron chi connectivity index (χ4n) is 1.70. The summed E-state index contributed by atoms with van der Waals surface area (Å²) >= 11 is 5.63. The summed E-state index contributed by atoms with van der Waals surface area (Å²) in [6.45, 7) is 9.00. The smallest absolute Gasteiger partial charge is 0 e. The van der Waals surface area contributed by atoms with Gasteiger partial charge in [0.15, 0.2) is 0 Å². The molecule has 1 radical (unpaired) electrons. The van der Waals surface area contributed by atoms with E-state index in [1.165, 1.54) is 32.1 Å². The normalized spacial score (nSPS) is 14.1. The standard InChI is InChI=1S/C6H4ClO2Si.C5H10.2CO.Fe/c7-10-8-5-3-1-2-4-6(5)9-10;1-2-4-5-3-1;2*1-2;/h1-4H;1-5H2;;;. The largest absolute Gasteiger partial charge is 0 e. The Morgan fingerprint density at radius 1 is 0.850 bits per heavy atom. The second-order valence-corrected chi connectivity index (χ2v) is 5.47. The first-order chi connectivity index (χ1) is 9.36. The Kier molecular flexibility index (Phi) is 15.9. The average Bonchev–Trinajstić information content (AvgIpc) is 3.14. The zero-order valence-electron chi connectivity index (χ0n) is 10.7. The van der Waals surface area contributed by atoms with Crippen molar-refractivity contribution in [3.63, 3.8) is 0 Å². The molecule has 3 rings (SSSR count). The van der Waals surface area contributed by atoms with Gasteiger partial charge in [0.1, 0.15) is 11.5 Å². The molecule has 1 saturated carbocycles. The van der Waals surface area contributed by atoms with Crippen LogP contribution in [0.3, 0.4) is 0 Å². The van der Waals surface area contributed by atoms with E-state index < -0.39 is 8.59 Å². The van der Waals surface area contributed by atoms with Gasteiger partial charge < -0.3 is 8.85 Å². The monoisotopic (exact) mass is 353 g/mol. The van der Waals surface area contributed by atoms with E-state index in [4.69, 9.17) is 29.2 Å². The minimum absolute atomic E-state index is 0. The number of benzene rings is 1. The van der Waals surface area contributed by atoms with Gasteiger partial charge in [0.25, 0.3) is 0 Å². The molecule has 1 heterocycles. The first-order valence-corrected chi connectivity index (χ1v) is 8.07. The second kappa shape index (κ2) is 14.7. The van der Waals surface area contributed by atoms with Crippen LogP contribution in [0.15, 0.2) is 24.3 Å². The van der Waals surface area contributed by atoms with Crippen LogP contribution in [0.2, 0.25) is 0 Å². The summed E-state index contributed by atoms with van der Waals surface area (Å²) in [4.78, 5) is 0. The van der Waals surface area contributed by atoms with Crippen molar-refractivity contribution in [2.24, 2.45) is 0 Å². The van der Waals surface area contributed by atoms with Crippen molar-refractivity contribution >= 4 is 19.7 Å². The SMILES string of the molecule is C1CCCC1.Cl[Si]1Oc2ccccc2O1.[C-]#[O+].[C-]#[O+].[Fe]. The van der Waals surface area contributed by atoms with E-state index in [0.717, 1.165) is 11.5 Å². The quantitative estimate of drug-likeness (QED) is 0.310. The zero-order chi connectivity index (χ0) is 14.5. The molecule has 109 valence electrons. The fourth-order valence-corrected chi connectivity index (χ4v) is 2.92. The average molecular weight is 354 g/mol. The van der Waals surface area contributed by atoms with E-state index in [1.807, 2.05) is 24.3 Å². The van der Waals surface area contributed by atoms with E-state index in [0.29, 0.717) is 0 Å². The van der Waals surface area contributed by atoms with Crippen LogP contribution in [0.4, 0.5) is 0 Å². The molecule has 0 atom stereocenters. The molecule has 1 aliphatic carbocycles. The Balaban J connectivity index is 0. The summed E-state index contributed by atoms with van der Waals surface area (Å²) in [7, 11) is -1.54. The topological polar surface area (TPSA) is 58.3 Å². The molecule has 0 amide bonds. The number of hydrogen-bond donors (Lipinski definition) is 0. The Labute approximate surface area is 136 Å². The molecular weight excluding hydrogens is 340 g/mol. The fraction of sp³-hybridized carbons (Fsp3) is 0.385. The third-order valence-electron chi connectivity index (χ3n) is 2.48. The summed E-state index contributed by atoms with van der Waals surface area (Å²) in [5.41, 5.74) is 0. The van der Waals surface area contributed by atoms with Gasteiger partial charge in [-0.25, -0.2) is 0 Å². The first kappa shape index (κ1) is 21.6. The van der Waals surface area contributed by atoms with Gasteiger partial charge in [-0.05, 0) is 12.1 Å². The van der Waals surface area contributed by atoms with Crippen LogP contribution in [0.5, 0.6) is 11.5 Å². The summed E-state index contributed by atoms with van der Waals surface area (Å²) in [6.07, 6.45) is 7.50. The molecule has 0 saturated heterocycles. The minimum Gasteiger partial charge on any atom is 0 e. The Morgan fingerprint density at radius 3 is 1.45 bits per heavy atom. The molecule has 0 N–H and O–H groups in total. The summed E-state index contributed by atoms with van der Waals surface area (Å²) in [6, 6.07) is 7.46. The van der Waals surface area contributed by atoms with Crippen LogP contribution in [0, 0.1) is 13.3 Å². The van der Waals surface area contributed by atoms with Crippen LogP contribution in [-0.2, 0) is 26.4 Å². The summed E-state index contributed by atoms with van der Waals surface area (Å²) in [5.74, 6) is 1.51. The van der Waals surface area contributed by atoms with Crippen molar-refractivity contribution in [3.05, 3.63) is 37.6 Å². The van der Waals surface area contributed by atoms with Crippen molar-refractivity contribution in [1.82, 2.24) is 0 Å². The van der Waals surface area contributed by atoms with Gasteiger partial charge >= 0.3 is 31.2 Å². The van der Waals surface area contributed by atoms with Crippen molar-refractivity contribution in [2.45, 2.75) is 32.1 Å². The van der Waals surface area contributed by atoms with Crippen LogP contribution in [0.1, 0.15) is 32.1 Å². The molecule has 1 fully saturated rings. The number of halogens is 1. The molecule has 1 aromatic carbocycles. The molecule has 0 bridgehead atoms. The molecule has 2 aliphatic rings. The molecule has 7 heteroatoms. The third-order valence-corrected chi connectivity index (χ3v) is 3.70. The van der Waals surface area contributed by atoms with Gasteiger partial charge in [-0.1, -0.05) is 55.3 Å². The predicted octanol–water partition coefficient (Wildman–Crippen LogP) is 3.55. The summed E-state index contributed by atoms with van der Waals surface area (Å²) < 4.78 is 25.3. The number of para-hydroxylation sites is 2. The Morgan fingerprint density at radius 2 is 1.15 bits per heavy atom. The molecule has 0 spiro atoms. The molecule has 20 heavy (non-hydrogen) atoms. The van der Waals surface area contributed by atoms with E-state index in [9.17, 15) is 0 Å². The number of fused-ring (bicyclic) bond motifs is 1. The van der Waals surface area contributed by atoms with Crippen molar-refractivity contribution in [3.8, 4) is 11.5 Å². The third kappa shape index (κ3) is 8.49. The van der Waals surface area contributed by atoms with Crippen LogP contribution >= 0.6 is 11.1 Å². The second-order valence-electron chi connectivity index (χ2n) is 3.66. The van der Waals surface area contributed by atoms with E-state index in [1.54, 1.807) is 0 Å². The Hall–Kier alpha value is -0.674. The zero-order valence-corrected chi connectivity index (χ0v) is 13.6. The molecule has 1 aromatic rings. The van der Waals surface area contributed by atoms with Crippen molar-refractivity contribution < 1.29 is 35.2 Å². The van der Waals surface area contributed by atoms with Crippen molar-refractivity contribution in [1.29, 1.82) is 0 Å². The van der Waals surface area contributed by atoms with E-state index in [-0.39, 0.29) is 17.1 Å². The number of rotatable bonds is 0. The van der Waals surface area contributed by atoms with Gasteiger partial charge in [-0.3, -0.25) is 0 Å². The molecule has 0 aromatic heterocycles. The van der Waals surface area contributed by atoms with Crippen LogP contribution < -0.4 is 8.85 Å². The number of hydrogen-bond acceptors (Lipinski definition) is 2. The minimum atomic E-state index is -1.54. The maximum absolute atomic E-state index is 7.50. The first-order valence-electron chi connectivity index (χ1n) is 5.74. The van der Waals surface area contributed by atoms with Crippen LogP contribution in [-0.4, -0.2) is 8.59 Å². The van der Waals surface area contributed by atoms with Gasteiger partial charge in [-0.2, -0.15) is 0 Å². The van der Waals surface area contributed by atoms with Gasteiger partial charge in [-0.15, -0.1) is 0 Å². The predicted molar refractivity (Wildman–Crippen MR) is 70.2 cm³/mol. The van der Waals surface area contributed by atoms with Gasteiger partial charge in [0.2, 0.25) is 0 Å². The molecule has 1 aliphatic heterocycles. The molecule has 4 nitrogen and oxygen atoms in total. The Bertz CT molecular complexity index is 358. The maximum Gasteiger partial charge on any atom is 0 e. The van der Waals surface area contributed by atoms with E-state index >= 15 is 0 Å². The molecular formula is C13H14ClFeO4Si. The van der Waals surface area contributed by atoms with Gasteiger partial charge in [0, 0.05) is 17.1 Å². The maximum atomic E-state index is 7.50. The summed E-state index contributed by atoms with van der Waals surface area (Å²) in [5, 5.41) is 0.